The Morgan fingerprint density at radius 3 is 0.667 bits per heavy atom. The summed E-state index contributed by atoms with van der Waals surface area (Å²) in [5, 5.41) is 0. The quantitative estimate of drug-likeness (QED) is 0.367. The van der Waals surface area contributed by atoms with E-state index in [9.17, 15) is 17.8 Å². The molecule has 0 aromatic heterocycles. The fourth-order valence-corrected chi connectivity index (χ4v) is 0. The van der Waals surface area contributed by atoms with Crippen LogP contribution in [0.5, 0.6) is 0 Å². The van der Waals surface area contributed by atoms with E-state index < -0.39 is 14.1 Å². The Kier molecular flexibility index (Phi) is 0.894. The third kappa shape index (κ3) is 1460. The normalized spacial score (nSPS) is 19.2. The fourth-order valence-electron chi connectivity index (χ4n) is 0. The molecule has 0 aliphatic heterocycles. The zero-order chi connectivity index (χ0) is 5.45. The molecule has 0 fully saturated rings. The Morgan fingerprint density at radius 1 is 0.667 bits per heavy atom. The molecule has 0 amide bonds. The van der Waals surface area contributed by atoms with E-state index in [4.69, 9.17) is 0 Å². The molecule has 0 atom stereocenters. The van der Waals surface area contributed by atoms with E-state index in [1.54, 1.807) is 0 Å². The molecule has 0 heterocycles. The van der Waals surface area contributed by atoms with Gasteiger partial charge in [-0.15, -0.1) is 0 Å². The van der Waals surface area contributed by atoms with Crippen LogP contribution in [0.1, 0.15) is 0 Å². The topological polar surface area (TPSA) is 0 Å². The first-order valence-electron chi connectivity index (χ1n) is 0.668. The van der Waals surface area contributed by atoms with Crippen LogP contribution in [0.25, 0.3) is 0 Å². The van der Waals surface area contributed by atoms with Crippen LogP contribution in [-0.4, -0.2) is 0 Å². The molecule has 0 aliphatic carbocycles. The van der Waals surface area contributed by atoms with Gasteiger partial charge in [-0.3, -0.25) is 0 Å². The van der Waals surface area contributed by atoms with Crippen molar-refractivity contribution in [1.29, 1.82) is 0 Å². The molecule has 43 valence electrons. The molecule has 0 N–H and O–H groups in total. The van der Waals surface area contributed by atoms with Gasteiger partial charge in [0.1, 0.15) is 0 Å². The van der Waals surface area contributed by atoms with Crippen LogP contribution in [0.4, 0.5) is 17.8 Å². The summed E-state index contributed by atoms with van der Waals surface area (Å²) < 4.78 is 49.2. The van der Waals surface area contributed by atoms with Crippen LogP contribution in [0.3, 0.4) is 0 Å². The Balaban J connectivity index is 3.73. The first-order chi connectivity index (χ1) is 2.24. The molecule has 0 radical (unpaired) electrons. The summed E-state index contributed by atoms with van der Waals surface area (Å²) in [6, 6.07) is 0. The van der Waals surface area contributed by atoms with Crippen LogP contribution in [0, 0.1) is 0 Å². The number of hydrogen-bond donors (Lipinski definition) is 0. The minimum atomic E-state index is -8.65. The van der Waals surface area contributed by atoms with Crippen LogP contribution in [0.2, 0.25) is 0 Å². The standard InChI is InChI=1S/5FH.Fe/h5*1H;/q;;;;;+5/p-5. The predicted octanol–water partition coefficient (Wildman–Crippen LogP) is 2.10. The molecule has 0 rings (SSSR count). The first kappa shape index (κ1) is 6.17. The summed E-state index contributed by atoms with van der Waals surface area (Å²) in [7, 11) is 0. The van der Waals surface area contributed by atoms with E-state index in [1.165, 1.54) is 0 Å². The van der Waals surface area contributed by atoms with Gasteiger partial charge in [-0.25, -0.2) is 0 Å². The number of hydrogen-bond acceptors (Lipinski definition) is 0. The van der Waals surface area contributed by atoms with Crippen molar-refractivity contribution < 1.29 is 31.8 Å². The summed E-state index contributed by atoms with van der Waals surface area (Å²) in [6.45, 7) is 0. The van der Waals surface area contributed by atoms with Crippen LogP contribution in [-0.2, 0) is 14.1 Å². The predicted molar refractivity (Wildman–Crippen MR) is 5.54 cm³/mol. The van der Waals surface area contributed by atoms with E-state index in [0.29, 0.717) is 0 Å². The summed E-state index contributed by atoms with van der Waals surface area (Å²) in [4.78, 5) is 0. The average Bonchev–Trinajstić information content (AvgIpc) is 0.650. The number of rotatable bonds is 0. The third-order valence-electron chi connectivity index (χ3n) is 0. The van der Waals surface area contributed by atoms with Gasteiger partial charge in [0.2, 0.25) is 0 Å². The summed E-state index contributed by atoms with van der Waals surface area (Å²) in [5.74, 6) is 0. The van der Waals surface area contributed by atoms with E-state index >= 15 is 0 Å². The molecule has 0 unspecified atom stereocenters. The molecule has 6 heteroatoms. The molecule has 0 aromatic carbocycles. The van der Waals surface area contributed by atoms with Gasteiger partial charge in [0, 0.05) is 0 Å². The summed E-state index contributed by atoms with van der Waals surface area (Å²) >= 11 is -8.65. The molecule has 0 saturated carbocycles. The molecular weight excluding hydrogens is 151 g/mol. The van der Waals surface area contributed by atoms with Gasteiger partial charge in [0.15, 0.2) is 0 Å². The van der Waals surface area contributed by atoms with E-state index in [0.717, 1.165) is 0 Å². The van der Waals surface area contributed by atoms with Gasteiger partial charge >= 0.3 is 31.8 Å². The van der Waals surface area contributed by atoms with Gasteiger partial charge in [0.25, 0.3) is 0 Å². The Bertz CT molecular complexity index is 37.1. The summed E-state index contributed by atoms with van der Waals surface area (Å²) in [5.41, 5.74) is 0. The van der Waals surface area contributed by atoms with E-state index in [-0.39, 0.29) is 0 Å². The van der Waals surface area contributed by atoms with Crippen molar-refractivity contribution in [2.45, 2.75) is 0 Å². The average molecular weight is 151 g/mol. The molecular formula is F5Fe. The molecule has 0 aromatic rings. The second-order valence-electron chi connectivity index (χ2n) is 0.505. The van der Waals surface area contributed by atoms with Crippen molar-refractivity contribution in [3.05, 3.63) is 0 Å². The van der Waals surface area contributed by atoms with E-state index in [1.807, 2.05) is 0 Å². The van der Waals surface area contributed by atoms with Gasteiger partial charge < -0.3 is 0 Å². The fraction of sp³-hybridized carbons (Fsp3) is 0. The van der Waals surface area contributed by atoms with Crippen molar-refractivity contribution in [1.82, 2.24) is 0 Å². The van der Waals surface area contributed by atoms with Crippen molar-refractivity contribution >= 4 is 0 Å². The maximum atomic E-state index is 9.85. The van der Waals surface area contributed by atoms with Crippen molar-refractivity contribution in [3.63, 3.8) is 0 Å². The minimum absolute atomic E-state index is 8.65. The van der Waals surface area contributed by atoms with Crippen LogP contribution in [0.15, 0.2) is 0 Å². The van der Waals surface area contributed by atoms with Crippen LogP contribution < -0.4 is 0 Å². The molecule has 0 aliphatic rings. The van der Waals surface area contributed by atoms with Gasteiger partial charge in [0.05, 0.1) is 0 Å². The Hall–Kier alpha value is 0.169. The third-order valence-corrected chi connectivity index (χ3v) is 0. The van der Waals surface area contributed by atoms with Crippen LogP contribution >= 0.6 is 0 Å². The van der Waals surface area contributed by atoms with Gasteiger partial charge in [-0.2, -0.15) is 0 Å². The Morgan fingerprint density at radius 2 is 0.667 bits per heavy atom. The van der Waals surface area contributed by atoms with Gasteiger partial charge in [-0.05, 0) is 0 Å². The van der Waals surface area contributed by atoms with Crippen molar-refractivity contribution in [2.24, 2.45) is 0 Å². The monoisotopic (exact) mass is 151 g/mol. The van der Waals surface area contributed by atoms with E-state index in [2.05, 4.69) is 0 Å². The zero-order valence-electron chi connectivity index (χ0n) is 2.24. The molecule has 0 saturated heterocycles. The van der Waals surface area contributed by atoms with Crippen molar-refractivity contribution in [2.75, 3.05) is 0 Å². The van der Waals surface area contributed by atoms with Crippen molar-refractivity contribution in [3.8, 4) is 0 Å². The molecule has 6 heavy (non-hydrogen) atoms. The molecule has 0 bridgehead atoms. The second-order valence-corrected chi connectivity index (χ2v) is 2.08. The molecule has 0 spiro atoms. The number of halogens is 5. The maximum absolute atomic E-state index is 9.85. The second kappa shape index (κ2) is 0.869. The molecule has 0 nitrogen and oxygen atoms in total. The SMILES string of the molecule is [F][Fe]([F])([F])([F])[F]. The van der Waals surface area contributed by atoms with Gasteiger partial charge in [-0.1, -0.05) is 0 Å². The Labute approximate surface area is 32.8 Å². The zero-order valence-corrected chi connectivity index (χ0v) is 3.35. The first-order valence-corrected chi connectivity index (χ1v) is 2.75. The summed E-state index contributed by atoms with van der Waals surface area (Å²) in [6.07, 6.45) is 0.